The van der Waals surface area contributed by atoms with Crippen molar-refractivity contribution in [1.82, 2.24) is 0 Å². The Morgan fingerprint density at radius 1 is 1.00 bits per heavy atom. The van der Waals surface area contributed by atoms with E-state index in [1.165, 1.54) is 16.7 Å². The highest BCUT2D eigenvalue weighted by molar-refractivity contribution is 5.83. The van der Waals surface area contributed by atoms with E-state index in [4.69, 9.17) is 4.84 Å². The van der Waals surface area contributed by atoms with Crippen LogP contribution < -0.4 is 0 Å². The minimum atomic E-state index is 0.501. The number of oxime groups is 1. The van der Waals surface area contributed by atoms with Gasteiger partial charge in [0, 0.05) is 5.56 Å². The Hall–Kier alpha value is -2.09. The third-order valence-electron chi connectivity index (χ3n) is 3.07. The maximum absolute atomic E-state index is 5.33. The smallest absolute Gasteiger partial charge is 0.142 e. The Morgan fingerprint density at radius 3 is 2.26 bits per heavy atom. The van der Waals surface area contributed by atoms with E-state index >= 15 is 0 Å². The third kappa shape index (κ3) is 3.68. The summed E-state index contributed by atoms with van der Waals surface area (Å²) in [7, 11) is 0. The molecule has 0 N–H and O–H groups in total. The lowest BCUT2D eigenvalue weighted by atomic mass is 10.0. The summed E-state index contributed by atoms with van der Waals surface area (Å²) in [6, 6.07) is 14.4. The molecule has 0 unspecified atom stereocenters. The van der Waals surface area contributed by atoms with Crippen LogP contribution in [0.15, 0.2) is 47.6 Å². The van der Waals surface area contributed by atoms with E-state index in [9.17, 15) is 0 Å². The van der Waals surface area contributed by atoms with Gasteiger partial charge in [-0.3, -0.25) is 0 Å². The van der Waals surface area contributed by atoms with Gasteiger partial charge in [0.25, 0.3) is 0 Å². The molecule has 0 heterocycles. The number of hydrogen-bond donors (Lipinski definition) is 0. The van der Waals surface area contributed by atoms with Crippen LogP contribution in [0, 0.1) is 20.8 Å². The average Bonchev–Trinajstić information content (AvgIpc) is 2.38. The lowest BCUT2D eigenvalue weighted by Crippen LogP contribution is -1.94. The van der Waals surface area contributed by atoms with Crippen LogP contribution in [0.2, 0.25) is 0 Å². The van der Waals surface area contributed by atoms with Crippen LogP contribution in [0.5, 0.6) is 0 Å². The predicted molar refractivity (Wildman–Crippen MR) is 79.5 cm³/mol. The summed E-state index contributed by atoms with van der Waals surface area (Å²) < 4.78 is 0. The minimum Gasteiger partial charge on any atom is -0.391 e. The Balaban J connectivity index is 2.00. The van der Waals surface area contributed by atoms with Gasteiger partial charge >= 0.3 is 0 Å². The van der Waals surface area contributed by atoms with Gasteiger partial charge in [0.2, 0.25) is 0 Å². The van der Waals surface area contributed by atoms with Gasteiger partial charge in [-0.1, -0.05) is 53.2 Å². The molecule has 0 saturated heterocycles. The van der Waals surface area contributed by atoms with Crippen molar-refractivity contribution in [1.29, 1.82) is 0 Å². The molecule has 0 saturated carbocycles. The van der Waals surface area contributed by atoms with Gasteiger partial charge in [-0.05, 0) is 37.5 Å². The maximum Gasteiger partial charge on any atom is 0.142 e. The highest BCUT2D eigenvalue weighted by Gasteiger charge is 2.01. The molecule has 0 atom stereocenters. The van der Waals surface area contributed by atoms with Crippen molar-refractivity contribution in [2.45, 2.75) is 27.4 Å². The van der Waals surface area contributed by atoms with Crippen LogP contribution in [-0.4, -0.2) is 6.21 Å². The highest BCUT2D eigenvalue weighted by atomic mass is 16.6. The normalized spacial score (nSPS) is 10.9. The standard InChI is InChI=1S/C17H19NO/c1-13-9-14(2)17(15(3)10-13)11-18-19-12-16-7-5-4-6-8-16/h4-11H,12H2,1-3H3. The summed E-state index contributed by atoms with van der Waals surface area (Å²) in [5.41, 5.74) is 5.99. The Labute approximate surface area is 114 Å². The Bertz CT molecular complexity index is 550. The maximum atomic E-state index is 5.33. The van der Waals surface area contributed by atoms with Gasteiger partial charge in [-0.2, -0.15) is 0 Å². The first kappa shape index (κ1) is 13.3. The fourth-order valence-electron chi connectivity index (χ4n) is 2.17. The number of nitrogens with zero attached hydrogens (tertiary/aromatic N) is 1. The van der Waals surface area contributed by atoms with Gasteiger partial charge in [0.1, 0.15) is 6.61 Å². The molecular weight excluding hydrogens is 234 g/mol. The topological polar surface area (TPSA) is 21.6 Å². The fraction of sp³-hybridized carbons (Fsp3) is 0.235. The van der Waals surface area contributed by atoms with Crippen LogP contribution >= 0.6 is 0 Å². The van der Waals surface area contributed by atoms with Crippen molar-refractivity contribution in [3.05, 3.63) is 70.3 Å². The summed E-state index contributed by atoms with van der Waals surface area (Å²) in [5, 5.41) is 4.06. The van der Waals surface area contributed by atoms with E-state index in [1.807, 2.05) is 30.3 Å². The summed E-state index contributed by atoms with van der Waals surface area (Å²) in [4.78, 5) is 5.33. The lowest BCUT2D eigenvalue weighted by Gasteiger charge is -2.06. The fourth-order valence-corrected chi connectivity index (χ4v) is 2.17. The second kappa shape index (κ2) is 6.19. The molecule has 0 fully saturated rings. The second-order valence-electron chi connectivity index (χ2n) is 4.81. The minimum absolute atomic E-state index is 0.501. The summed E-state index contributed by atoms with van der Waals surface area (Å²) in [5.74, 6) is 0. The summed E-state index contributed by atoms with van der Waals surface area (Å²) in [6.07, 6.45) is 1.80. The highest BCUT2D eigenvalue weighted by Crippen LogP contribution is 2.14. The van der Waals surface area contributed by atoms with E-state index in [0.29, 0.717) is 6.61 Å². The van der Waals surface area contributed by atoms with Gasteiger partial charge in [-0.15, -0.1) is 0 Å². The molecule has 2 aromatic carbocycles. The molecule has 0 amide bonds. The van der Waals surface area contributed by atoms with Crippen LogP contribution in [0.4, 0.5) is 0 Å². The zero-order chi connectivity index (χ0) is 13.7. The Kier molecular flexibility index (Phi) is 4.35. The molecule has 19 heavy (non-hydrogen) atoms. The molecule has 0 aliphatic carbocycles. The van der Waals surface area contributed by atoms with Crippen molar-refractivity contribution in [2.75, 3.05) is 0 Å². The van der Waals surface area contributed by atoms with Gasteiger partial charge in [0.15, 0.2) is 0 Å². The molecular formula is C17H19NO. The van der Waals surface area contributed by atoms with Crippen molar-refractivity contribution >= 4 is 6.21 Å². The molecule has 0 aromatic heterocycles. The van der Waals surface area contributed by atoms with Crippen LogP contribution in [0.25, 0.3) is 0 Å². The molecule has 2 rings (SSSR count). The van der Waals surface area contributed by atoms with E-state index < -0.39 is 0 Å². The molecule has 0 radical (unpaired) electrons. The average molecular weight is 253 g/mol. The van der Waals surface area contributed by atoms with Crippen LogP contribution in [-0.2, 0) is 11.4 Å². The molecule has 0 spiro atoms. The third-order valence-corrected chi connectivity index (χ3v) is 3.07. The molecule has 98 valence electrons. The van der Waals surface area contributed by atoms with E-state index in [2.05, 4.69) is 38.1 Å². The van der Waals surface area contributed by atoms with Gasteiger partial charge in [-0.25, -0.2) is 0 Å². The van der Waals surface area contributed by atoms with Crippen molar-refractivity contribution in [3.8, 4) is 0 Å². The van der Waals surface area contributed by atoms with Crippen molar-refractivity contribution in [3.63, 3.8) is 0 Å². The first-order valence-corrected chi connectivity index (χ1v) is 6.44. The molecule has 2 heteroatoms. The molecule has 2 aromatic rings. The first-order chi connectivity index (χ1) is 9.16. The predicted octanol–water partition coefficient (Wildman–Crippen LogP) is 4.16. The number of benzene rings is 2. The molecule has 0 aliphatic heterocycles. The molecule has 0 aliphatic rings. The summed E-state index contributed by atoms with van der Waals surface area (Å²) >= 11 is 0. The zero-order valence-corrected chi connectivity index (χ0v) is 11.7. The van der Waals surface area contributed by atoms with Crippen molar-refractivity contribution in [2.24, 2.45) is 5.16 Å². The number of hydrogen-bond acceptors (Lipinski definition) is 2. The van der Waals surface area contributed by atoms with Crippen molar-refractivity contribution < 1.29 is 4.84 Å². The lowest BCUT2D eigenvalue weighted by molar-refractivity contribution is 0.132. The summed E-state index contributed by atoms with van der Waals surface area (Å²) in [6.45, 7) is 6.80. The SMILES string of the molecule is Cc1cc(C)c(C=NOCc2ccccc2)c(C)c1. The zero-order valence-electron chi connectivity index (χ0n) is 11.7. The Morgan fingerprint density at radius 2 is 1.63 bits per heavy atom. The quantitative estimate of drug-likeness (QED) is 0.592. The van der Waals surface area contributed by atoms with E-state index in [1.54, 1.807) is 6.21 Å². The van der Waals surface area contributed by atoms with E-state index in [0.717, 1.165) is 11.1 Å². The van der Waals surface area contributed by atoms with Gasteiger partial charge < -0.3 is 4.84 Å². The van der Waals surface area contributed by atoms with Crippen LogP contribution in [0.3, 0.4) is 0 Å². The number of aryl methyl sites for hydroxylation is 3. The van der Waals surface area contributed by atoms with Crippen LogP contribution in [0.1, 0.15) is 27.8 Å². The van der Waals surface area contributed by atoms with Gasteiger partial charge in [0.05, 0.1) is 6.21 Å². The number of rotatable bonds is 4. The molecule has 2 nitrogen and oxygen atoms in total. The second-order valence-corrected chi connectivity index (χ2v) is 4.81. The monoisotopic (exact) mass is 253 g/mol. The first-order valence-electron chi connectivity index (χ1n) is 6.44. The van der Waals surface area contributed by atoms with E-state index in [-0.39, 0.29) is 0 Å². The largest absolute Gasteiger partial charge is 0.391 e. The molecule has 0 bridgehead atoms.